The van der Waals surface area contributed by atoms with Gasteiger partial charge in [0.05, 0.1) is 22.2 Å². The fraction of sp³-hybridized carbons (Fsp3) is 0.138. The second-order valence-corrected chi connectivity index (χ2v) is 10.9. The monoisotopic (exact) mass is 496 g/mol. The van der Waals surface area contributed by atoms with Crippen LogP contribution in [0.3, 0.4) is 0 Å². The van der Waals surface area contributed by atoms with E-state index < -0.39 is 16.0 Å². The maximum Gasteiger partial charge on any atom is 0.336 e. The van der Waals surface area contributed by atoms with Crippen LogP contribution >= 0.6 is 0 Å². The van der Waals surface area contributed by atoms with Crippen molar-refractivity contribution in [1.29, 1.82) is 0 Å². The molecular formula is C29H24N2O4S. The van der Waals surface area contributed by atoms with Gasteiger partial charge in [0.15, 0.2) is 0 Å². The number of carboxylic acid groups (broad SMARTS) is 1. The maximum absolute atomic E-state index is 13.4. The van der Waals surface area contributed by atoms with Crippen molar-refractivity contribution in [2.75, 3.05) is 10.0 Å². The number of carbonyl (C=O) groups is 1. The second-order valence-electron chi connectivity index (χ2n) is 9.25. The van der Waals surface area contributed by atoms with Crippen LogP contribution in [0.25, 0.3) is 10.8 Å². The molecule has 6 rings (SSSR count). The van der Waals surface area contributed by atoms with Gasteiger partial charge in [-0.3, -0.25) is 4.72 Å². The second kappa shape index (κ2) is 8.53. The van der Waals surface area contributed by atoms with Gasteiger partial charge in [-0.15, -0.1) is 0 Å². The number of benzene rings is 4. The molecule has 0 saturated carbocycles. The summed E-state index contributed by atoms with van der Waals surface area (Å²) >= 11 is 0. The molecule has 0 radical (unpaired) electrons. The Bertz CT molecular complexity index is 1640. The molecule has 6 nitrogen and oxygen atoms in total. The lowest BCUT2D eigenvalue weighted by Crippen LogP contribution is -2.30. The summed E-state index contributed by atoms with van der Waals surface area (Å²) in [7, 11) is -3.83. The number of allylic oxidation sites excluding steroid dienone is 2. The normalized spacial score (nSPS) is 20.4. The summed E-state index contributed by atoms with van der Waals surface area (Å²) in [6.07, 6.45) is 4.98. The molecule has 4 aromatic carbocycles. The first-order valence-electron chi connectivity index (χ1n) is 11.8. The number of rotatable bonds is 5. The van der Waals surface area contributed by atoms with Crippen molar-refractivity contribution >= 4 is 38.1 Å². The van der Waals surface area contributed by atoms with Crippen LogP contribution in [0.2, 0.25) is 0 Å². The Labute approximate surface area is 209 Å². The Balaban J connectivity index is 1.37. The van der Waals surface area contributed by atoms with Crippen molar-refractivity contribution in [1.82, 2.24) is 0 Å². The summed E-state index contributed by atoms with van der Waals surface area (Å²) in [6.45, 7) is 0. The smallest absolute Gasteiger partial charge is 0.336 e. The number of sulfonamides is 1. The van der Waals surface area contributed by atoms with E-state index >= 15 is 0 Å². The molecule has 0 spiro atoms. The molecule has 3 atom stereocenters. The van der Waals surface area contributed by atoms with Gasteiger partial charge in [-0.25, -0.2) is 13.2 Å². The van der Waals surface area contributed by atoms with Crippen molar-refractivity contribution in [3.63, 3.8) is 0 Å². The zero-order valence-corrected chi connectivity index (χ0v) is 20.1. The zero-order chi connectivity index (χ0) is 24.9. The highest BCUT2D eigenvalue weighted by molar-refractivity contribution is 7.92. The molecule has 7 heteroatoms. The Morgan fingerprint density at radius 1 is 0.917 bits per heavy atom. The topological polar surface area (TPSA) is 95.5 Å². The highest BCUT2D eigenvalue weighted by Gasteiger charge is 2.39. The Morgan fingerprint density at radius 3 is 2.56 bits per heavy atom. The quantitative estimate of drug-likeness (QED) is 0.287. The van der Waals surface area contributed by atoms with Gasteiger partial charge >= 0.3 is 5.97 Å². The Morgan fingerprint density at radius 2 is 1.69 bits per heavy atom. The third-order valence-corrected chi connectivity index (χ3v) is 8.57. The van der Waals surface area contributed by atoms with E-state index in [0.717, 1.165) is 34.0 Å². The van der Waals surface area contributed by atoms with Gasteiger partial charge in [-0.05, 0) is 59.2 Å². The lowest BCUT2D eigenvalue weighted by Gasteiger charge is -2.38. The summed E-state index contributed by atoms with van der Waals surface area (Å²) in [5.74, 6) is -0.885. The first-order valence-corrected chi connectivity index (χ1v) is 13.3. The van der Waals surface area contributed by atoms with Crippen LogP contribution < -0.4 is 10.0 Å². The lowest BCUT2D eigenvalue weighted by atomic mass is 9.76. The van der Waals surface area contributed by atoms with E-state index in [1.54, 1.807) is 36.4 Å². The number of nitrogens with one attached hydrogen (secondary N) is 2. The molecule has 0 unspecified atom stereocenters. The van der Waals surface area contributed by atoms with Gasteiger partial charge in [0.1, 0.15) is 0 Å². The van der Waals surface area contributed by atoms with Crippen LogP contribution in [0.4, 0.5) is 11.4 Å². The van der Waals surface area contributed by atoms with Crippen molar-refractivity contribution in [2.24, 2.45) is 5.92 Å². The van der Waals surface area contributed by atoms with Gasteiger partial charge < -0.3 is 10.4 Å². The molecule has 3 N–H and O–H groups in total. The largest absolute Gasteiger partial charge is 0.478 e. The average Bonchev–Trinajstić information content (AvgIpc) is 3.38. The highest BCUT2D eigenvalue weighted by atomic mass is 32.2. The minimum Gasteiger partial charge on any atom is -0.478 e. The van der Waals surface area contributed by atoms with Gasteiger partial charge in [0.2, 0.25) is 0 Å². The lowest BCUT2D eigenvalue weighted by molar-refractivity contribution is 0.0694. The molecule has 2 aliphatic rings. The molecule has 0 aromatic heterocycles. The standard InChI is InChI=1S/C29H24N2O4S/c32-29(33)24-11-4-3-10-23(24)28-22-13-6-12-21(22)25-17-19(15-16-26(25)30-28)36(34,35)31-27-14-5-8-18-7-1-2-9-20(18)27/h1-12,14-17,21-22,28,30-31H,13H2,(H,32,33)/t21-,22+,28-/m0/s1. The van der Waals surface area contributed by atoms with E-state index in [9.17, 15) is 18.3 Å². The molecule has 0 saturated heterocycles. The van der Waals surface area contributed by atoms with E-state index in [-0.39, 0.29) is 28.3 Å². The number of hydrogen-bond donors (Lipinski definition) is 3. The molecule has 0 fully saturated rings. The molecular weight excluding hydrogens is 472 g/mol. The molecule has 36 heavy (non-hydrogen) atoms. The first-order chi connectivity index (χ1) is 17.4. The van der Waals surface area contributed by atoms with E-state index in [4.69, 9.17) is 0 Å². The van der Waals surface area contributed by atoms with E-state index in [1.165, 1.54) is 0 Å². The van der Waals surface area contributed by atoms with Gasteiger partial charge in [0.25, 0.3) is 10.0 Å². The molecule has 0 amide bonds. The van der Waals surface area contributed by atoms with Crippen LogP contribution in [0, 0.1) is 5.92 Å². The molecule has 180 valence electrons. The first kappa shape index (κ1) is 22.4. The number of aromatic carboxylic acids is 1. The zero-order valence-electron chi connectivity index (χ0n) is 19.3. The Hall–Kier alpha value is -4.10. The van der Waals surface area contributed by atoms with E-state index in [0.29, 0.717) is 5.69 Å². The minimum atomic E-state index is -3.83. The average molecular weight is 497 g/mol. The number of hydrogen-bond acceptors (Lipinski definition) is 4. The number of fused-ring (bicyclic) bond motifs is 4. The molecule has 4 aromatic rings. The third-order valence-electron chi connectivity index (χ3n) is 7.20. The summed E-state index contributed by atoms with van der Waals surface area (Å²) in [5.41, 5.74) is 3.27. The highest BCUT2D eigenvalue weighted by Crippen LogP contribution is 2.50. The van der Waals surface area contributed by atoms with Gasteiger partial charge in [0, 0.05) is 17.0 Å². The summed E-state index contributed by atoms with van der Waals surface area (Å²) in [6, 6.07) is 25.2. The fourth-order valence-corrected chi connectivity index (χ4v) is 6.64. The van der Waals surface area contributed by atoms with Gasteiger partial charge in [-0.1, -0.05) is 66.7 Å². The molecule has 1 aliphatic carbocycles. The van der Waals surface area contributed by atoms with Crippen LogP contribution in [-0.2, 0) is 10.0 Å². The number of anilines is 2. The maximum atomic E-state index is 13.4. The van der Waals surface area contributed by atoms with Crippen LogP contribution in [0.15, 0.2) is 102 Å². The van der Waals surface area contributed by atoms with Crippen molar-refractivity contribution in [3.8, 4) is 0 Å². The van der Waals surface area contributed by atoms with Crippen molar-refractivity contribution in [3.05, 3.63) is 114 Å². The van der Waals surface area contributed by atoms with Gasteiger partial charge in [-0.2, -0.15) is 0 Å². The molecule has 0 bridgehead atoms. The summed E-state index contributed by atoms with van der Waals surface area (Å²) in [5, 5.41) is 15.0. The fourth-order valence-electron chi connectivity index (χ4n) is 5.53. The van der Waals surface area contributed by atoms with Crippen LogP contribution in [0.5, 0.6) is 0 Å². The number of carboxylic acids is 1. The minimum absolute atomic E-state index is 0.0131. The molecule has 1 heterocycles. The van der Waals surface area contributed by atoms with E-state index in [1.807, 2.05) is 48.5 Å². The SMILES string of the molecule is O=C(O)c1ccccc1[C@H]1Nc2ccc(S(=O)(=O)Nc3cccc4ccccc34)cc2[C@H]2C=CC[C@H]21. The van der Waals surface area contributed by atoms with Crippen molar-refractivity contribution in [2.45, 2.75) is 23.3 Å². The molecule has 1 aliphatic heterocycles. The predicted molar refractivity (Wildman–Crippen MR) is 141 cm³/mol. The summed E-state index contributed by atoms with van der Waals surface area (Å²) in [4.78, 5) is 12.1. The van der Waals surface area contributed by atoms with Crippen LogP contribution in [-0.4, -0.2) is 19.5 Å². The Kier molecular flexibility index (Phi) is 5.30. The summed E-state index contributed by atoms with van der Waals surface area (Å²) < 4.78 is 29.6. The third kappa shape index (κ3) is 3.72. The van der Waals surface area contributed by atoms with Crippen LogP contribution in [0.1, 0.15) is 39.9 Å². The van der Waals surface area contributed by atoms with Crippen molar-refractivity contribution < 1.29 is 18.3 Å². The van der Waals surface area contributed by atoms with E-state index in [2.05, 4.69) is 22.2 Å². The predicted octanol–water partition coefficient (Wildman–Crippen LogP) is 6.17.